The number of carbonyl (C=O) groups excluding carboxylic acids is 4. The zero-order valence-electron chi connectivity index (χ0n) is 20.4. The molecule has 0 aromatic heterocycles. The Kier molecular flexibility index (Phi) is 10.3. The number of rotatable bonds is 12. The van der Waals surface area contributed by atoms with Gasteiger partial charge in [0.25, 0.3) is 5.91 Å². The molecule has 12 nitrogen and oxygen atoms in total. The molecule has 0 aliphatic rings. The molecule has 0 radical (unpaired) electrons. The second-order valence-corrected chi connectivity index (χ2v) is 7.59. The Morgan fingerprint density at radius 3 is 2.14 bits per heavy atom. The summed E-state index contributed by atoms with van der Waals surface area (Å²) in [6.07, 6.45) is -1.83. The number of hydrogen-bond donors (Lipinski definition) is 3. The van der Waals surface area contributed by atoms with Crippen molar-refractivity contribution in [1.29, 1.82) is 5.41 Å². The standard InChI is InChI=1S/C25H27N3O9/c1-4-35-21(29)13-36-20-11-7-17(8-12-20)22(30)15(2)27-23(31)18-5-9-19(10-6-18)28(14-26)25(34)37-16(3)24(32)33/h5-12,14-16,26H,4,13H2,1-3H3,(H,27,31)(H,32,33)/t15-,16-/m0/s1. The molecule has 2 aromatic rings. The number of anilines is 1. The second kappa shape index (κ2) is 13.4. The third-order valence-electron chi connectivity index (χ3n) is 4.90. The Morgan fingerprint density at radius 1 is 1.00 bits per heavy atom. The van der Waals surface area contributed by atoms with Crippen LogP contribution >= 0.6 is 0 Å². The molecule has 2 aromatic carbocycles. The van der Waals surface area contributed by atoms with Gasteiger partial charge >= 0.3 is 18.0 Å². The number of carbonyl (C=O) groups is 5. The van der Waals surface area contributed by atoms with Crippen LogP contribution in [0.25, 0.3) is 0 Å². The van der Waals surface area contributed by atoms with Crippen LogP contribution in [0, 0.1) is 5.41 Å². The molecular formula is C25H27N3O9. The van der Waals surface area contributed by atoms with Crippen molar-refractivity contribution >= 4 is 41.7 Å². The highest BCUT2D eigenvalue weighted by atomic mass is 16.6. The van der Waals surface area contributed by atoms with Crippen molar-refractivity contribution in [3.05, 3.63) is 59.7 Å². The van der Waals surface area contributed by atoms with E-state index in [1.807, 2.05) is 0 Å². The highest BCUT2D eigenvalue weighted by Crippen LogP contribution is 2.17. The van der Waals surface area contributed by atoms with E-state index in [-0.39, 0.29) is 30.2 Å². The molecule has 3 N–H and O–H groups in total. The summed E-state index contributed by atoms with van der Waals surface area (Å²) in [6, 6.07) is 10.7. The van der Waals surface area contributed by atoms with Gasteiger partial charge in [-0.1, -0.05) is 0 Å². The molecular weight excluding hydrogens is 486 g/mol. The molecule has 0 unspecified atom stereocenters. The molecule has 2 amide bonds. The number of carboxylic acid groups (broad SMARTS) is 1. The van der Waals surface area contributed by atoms with Crippen LogP contribution in [-0.4, -0.2) is 66.5 Å². The summed E-state index contributed by atoms with van der Waals surface area (Å²) < 4.78 is 14.8. The zero-order chi connectivity index (χ0) is 27.5. The fourth-order valence-electron chi connectivity index (χ4n) is 2.92. The lowest BCUT2D eigenvalue weighted by atomic mass is 10.0. The van der Waals surface area contributed by atoms with Crippen molar-refractivity contribution < 1.29 is 43.3 Å². The van der Waals surface area contributed by atoms with Gasteiger partial charge in [0, 0.05) is 11.1 Å². The van der Waals surface area contributed by atoms with Gasteiger partial charge in [-0.25, -0.2) is 19.3 Å². The zero-order valence-corrected chi connectivity index (χ0v) is 20.4. The topological polar surface area (TPSA) is 172 Å². The van der Waals surface area contributed by atoms with Crippen LogP contribution in [0.3, 0.4) is 0 Å². The van der Waals surface area contributed by atoms with Crippen LogP contribution in [0.1, 0.15) is 41.5 Å². The molecule has 0 aliphatic heterocycles. The van der Waals surface area contributed by atoms with Gasteiger partial charge in [0.05, 0.1) is 24.7 Å². The number of esters is 1. The van der Waals surface area contributed by atoms with E-state index in [0.29, 0.717) is 17.7 Å². The first-order valence-electron chi connectivity index (χ1n) is 11.1. The normalized spacial score (nSPS) is 11.9. The molecule has 196 valence electrons. The first-order valence-corrected chi connectivity index (χ1v) is 11.1. The maximum atomic E-state index is 12.7. The molecule has 12 heteroatoms. The minimum Gasteiger partial charge on any atom is -0.482 e. The van der Waals surface area contributed by atoms with Crippen LogP contribution in [-0.2, 0) is 19.1 Å². The maximum Gasteiger partial charge on any atom is 0.420 e. The van der Waals surface area contributed by atoms with Gasteiger partial charge < -0.3 is 24.6 Å². The molecule has 0 heterocycles. The summed E-state index contributed by atoms with van der Waals surface area (Å²) in [6.45, 7) is 4.37. The quantitative estimate of drug-likeness (QED) is 0.167. The number of ether oxygens (including phenoxy) is 3. The van der Waals surface area contributed by atoms with Crippen LogP contribution in [0.4, 0.5) is 10.5 Å². The Labute approximate surface area is 212 Å². The van der Waals surface area contributed by atoms with E-state index in [2.05, 4.69) is 5.32 Å². The molecule has 0 aliphatic carbocycles. The van der Waals surface area contributed by atoms with Gasteiger partial charge in [0.2, 0.25) is 0 Å². The minimum atomic E-state index is -1.41. The Balaban J connectivity index is 1.98. The van der Waals surface area contributed by atoms with Gasteiger partial charge in [0.15, 0.2) is 18.5 Å². The molecule has 2 atom stereocenters. The summed E-state index contributed by atoms with van der Waals surface area (Å²) in [5.41, 5.74) is 0.675. The number of benzene rings is 2. The fourth-order valence-corrected chi connectivity index (χ4v) is 2.92. The lowest BCUT2D eigenvalue weighted by molar-refractivity contribution is -0.146. The number of nitrogens with one attached hydrogen (secondary N) is 2. The lowest BCUT2D eigenvalue weighted by Crippen LogP contribution is -2.38. The number of nitrogens with zero attached hydrogens (tertiary/aromatic N) is 1. The number of Topliss-reactive ketones (excluding diaryl/α,β-unsaturated/α-hetero) is 1. The Morgan fingerprint density at radius 2 is 1.59 bits per heavy atom. The van der Waals surface area contributed by atoms with Gasteiger partial charge in [-0.3, -0.25) is 15.0 Å². The number of ketones is 1. The van der Waals surface area contributed by atoms with Crippen LogP contribution in [0.5, 0.6) is 5.75 Å². The largest absolute Gasteiger partial charge is 0.482 e. The lowest BCUT2D eigenvalue weighted by Gasteiger charge is -2.19. The summed E-state index contributed by atoms with van der Waals surface area (Å²) in [5, 5.41) is 18.9. The van der Waals surface area contributed by atoms with Gasteiger partial charge in [-0.05, 0) is 69.3 Å². The average Bonchev–Trinajstić information content (AvgIpc) is 2.88. The number of aliphatic carboxylic acids is 1. The van der Waals surface area contributed by atoms with E-state index in [0.717, 1.165) is 4.90 Å². The van der Waals surface area contributed by atoms with Crippen LogP contribution in [0.15, 0.2) is 48.5 Å². The molecule has 0 saturated carbocycles. The van der Waals surface area contributed by atoms with E-state index in [9.17, 15) is 24.0 Å². The third kappa shape index (κ3) is 8.16. The van der Waals surface area contributed by atoms with Crippen LogP contribution in [0.2, 0.25) is 0 Å². The monoisotopic (exact) mass is 513 g/mol. The summed E-state index contributed by atoms with van der Waals surface area (Å²) in [7, 11) is 0. The smallest absolute Gasteiger partial charge is 0.420 e. The van der Waals surface area contributed by atoms with Crippen molar-refractivity contribution in [3.63, 3.8) is 0 Å². The number of amides is 2. The van der Waals surface area contributed by atoms with Crippen molar-refractivity contribution in [2.24, 2.45) is 0 Å². The fraction of sp³-hybridized carbons (Fsp3) is 0.280. The molecule has 0 fully saturated rings. The van der Waals surface area contributed by atoms with Crippen molar-refractivity contribution in [1.82, 2.24) is 5.32 Å². The summed E-state index contributed by atoms with van der Waals surface area (Å²) in [5.74, 6) is -2.38. The summed E-state index contributed by atoms with van der Waals surface area (Å²) >= 11 is 0. The number of carboxylic acids is 1. The van der Waals surface area contributed by atoms with E-state index in [4.69, 9.17) is 24.7 Å². The van der Waals surface area contributed by atoms with Gasteiger partial charge in [0.1, 0.15) is 5.75 Å². The Hall–Kier alpha value is -4.74. The first-order chi connectivity index (χ1) is 17.6. The highest BCUT2D eigenvalue weighted by Gasteiger charge is 2.23. The molecule has 2 rings (SSSR count). The second-order valence-electron chi connectivity index (χ2n) is 7.59. The van der Waals surface area contributed by atoms with Crippen molar-refractivity contribution in [3.8, 4) is 5.75 Å². The van der Waals surface area contributed by atoms with Crippen molar-refractivity contribution in [2.75, 3.05) is 18.1 Å². The first kappa shape index (κ1) is 28.5. The predicted octanol–water partition coefficient (Wildman–Crippen LogP) is 2.65. The SMILES string of the molecule is CCOC(=O)COc1ccc(C(=O)[C@H](C)NC(=O)c2ccc(N(C=N)C(=O)O[C@@H](C)C(=O)O)cc2)cc1. The summed E-state index contributed by atoms with van der Waals surface area (Å²) in [4.78, 5) is 60.4. The maximum absolute atomic E-state index is 12.7. The predicted molar refractivity (Wildman–Crippen MR) is 131 cm³/mol. The van der Waals surface area contributed by atoms with Crippen molar-refractivity contribution in [2.45, 2.75) is 32.9 Å². The van der Waals surface area contributed by atoms with Gasteiger partial charge in [-0.2, -0.15) is 0 Å². The van der Waals surface area contributed by atoms with E-state index < -0.39 is 36.1 Å². The van der Waals surface area contributed by atoms with Gasteiger partial charge in [-0.15, -0.1) is 0 Å². The van der Waals surface area contributed by atoms with E-state index in [1.165, 1.54) is 62.4 Å². The number of hydrogen-bond acceptors (Lipinski definition) is 9. The molecule has 37 heavy (non-hydrogen) atoms. The third-order valence-corrected chi connectivity index (χ3v) is 4.90. The highest BCUT2D eigenvalue weighted by molar-refractivity contribution is 6.06. The minimum absolute atomic E-state index is 0.170. The average molecular weight is 514 g/mol. The molecule has 0 spiro atoms. The van der Waals surface area contributed by atoms with E-state index in [1.54, 1.807) is 6.92 Å². The molecule has 0 saturated heterocycles. The van der Waals surface area contributed by atoms with Crippen LogP contribution < -0.4 is 15.0 Å². The molecule has 0 bridgehead atoms. The Bertz CT molecular complexity index is 1150. The van der Waals surface area contributed by atoms with E-state index >= 15 is 0 Å².